The highest BCUT2D eigenvalue weighted by Gasteiger charge is 2.43. The summed E-state index contributed by atoms with van der Waals surface area (Å²) in [6.07, 6.45) is 10.7. The fourth-order valence-electron chi connectivity index (χ4n) is 3.91. The Bertz CT molecular complexity index is 292. The molecule has 1 spiro atoms. The van der Waals surface area contributed by atoms with Crippen molar-refractivity contribution in [3.05, 3.63) is 0 Å². The maximum absolute atomic E-state index is 3.89. The summed E-state index contributed by atoms with van der Waals surface area (Å²) in [6.45, 7) is 10.9. The minimum absolute atomic E-state index is 0.369. The van der Waals surface area contributed by atoms with Gasteiger partial charge in [-0.2, -0.15) is 11.8 Å². The molecule has 1 aliphatic heterocycles. The first-order valence-electron chi connectivity index (χ1n) is 8.45. The number of nitrogens with one attached hydrogen (secondary N) is 1. The number of hydrogen-bond donors (Lipinski definition) is 1. The maximum atomic E-state index is 3.89. The molecule has 20 heavy (non-hydrogen) atoms. The van der Waals surface area contributed by atoms with E-state index >= 15 is 0 Å². The van der Waals surface area contributed by atoms with Crippen LogP contribution in [0.4, 0.5) is 0 Å². The summed E-state index contributed by atoms with van der Waals surface area (Å²) in [7, 11) is 0. The van der Waals surface area contributed by atoms with E-state index in [2.05, 4.69) is 37.2 Å². The average molecular weight is 299 g/mol. The zero-order valence-electron chi connectivity index (χ0n) is 14.0. The maximum Gasteiger partial charge on any atom is 0.0334 e. The lowest BCUT2D eigenvalue weighted by atomic mass is 9.75. The Morgan fingerprint density at radius 1 is 1.20 bits per heavy atom. The second-order valence-corrected chi connectivity index (χ2v) is 8.86. The van der Waals surface area contributed by atoms with E-state index < -0.39 is 0 Å². The van der Waals surface area contributed by atoms with Crippen molar-refractivity contribution in [3.8, 4) is 0 Å². The molecule has 0 radical (unpaired) electrons. The second kappa shape index (κ2) is 7.02. The quantitative estimate of drug-likeness (QED) is 0.796. The average Bonchev–Trinajstić information content (AvgIpc) is 2.41. The van der Waals surface area contributed by atoms with Crippen molar-refractivity contribution in [1.29, 1.82) is 0 Å². The predicted molar refractivity (Wildman–Crippen MR) is 91.6 cm³/mol. The first-order valence-corrected chi connectivity index (χ1v) is 9.85. The number of hydrogen-bond acceptors (Lipinski definition) is 3. The van der Waals surface area contributed by atoms with Crippen molar-refractivity contribution >= 4 is 11.8 Å². The Kier molecular flexibility index (Phi) is 5.84. The molecule has 0 aromatic carbocycles. The van der Waals surface area contributed by atoms with E-state index in [1.54, 1.807) is 0 Å². The van der Waals surface area contributed by atoms with Crippen LogP contribution in [-0.2, 0) is 0 Å². The van der Waals surface area contributed by atoms with Crippen LogP contribution in [0.2, 0.25) is 0 Å². The third-order valence-electron chi connectivity index (χ3n) is 5.36. The number of piperazine rings is 1. The Hall–Kier alpha value is 0.270. The molecule has 2 rings (SSSR count). The predicted octanol–water partition coefficient (Wildman–Crippen LogP) is 3.76. The van der Waals surface area contributed by atoms with Crippen molar-refractivity contribution in [2.24, 2.45) is 5.41 Å². The number of thioether (sulfide) groups is 1. The molecule has 0 aromatic rings. The normalized spacial score (nSPS) is 27.9. The lowest BCUT2D eigenvalue weighted by Crippen LogP contribution is -2.67. The Morgan fingerprint density at radius 3 is 2.50 bits per heavy atom. The molecule has 2 fully saturated rings. The lowest BCUT2D eigenvalue weighted by Gasteiger charge is -2.54. The zero-order valence-corrected chi connectivity index (χ0v) is 14.8. The van der Waals surface area contributed by atoms with Gasteiger partial charge >= 0.3 is 0 Å². The van der Waals surface area contributed by atoms with Gasteiger partial charge in [-0.25, -0.2) is 0 Å². The van der Waals surface area contributed by atoms with Gasteiger partial charge in [0.25, 0.3) is 0 Å². The first-order chi connectivity index (χ1) is 9.48. The smallest absolute Gasteiger partial charge is 0.0334 e. The summed E-state index contributed by atoms with van der Waals surface area (Å²) in [5.74, 6) is 1.31. The summed E-state index contributed by atoms with van der Waals surface area (Å²) in [4.78, 5) is 2.87. The Labute approximate surface area is 130 Å². The van der Waals surface area contributed by atoms with Gasteiger partial charge in [-0.15, -0.1) is 0 Å². The summed E-state index contributed by atoms with van der Waals surface area (Å²) in [5, 5.41) is 3.89. The monoisotopic (exact) mass is 298 g/mol. The van der Waals surface area contributed by atoms with Crippen molar-refractivity contribution in [2.75, 3.05) is 31.6 Å². The van der Waals surface area contributed by atoms with Crippen LogP contribution in [0.15, 0.2) is 0 Å². The van der Waals surface area contributed by atoms with Gasteiger partial charge < -0.3 is 5.32 Å². The second-order valence-electron chi connectivity index (χ2n) is 7.88. The van der Waals surface area contributed by atoms with Gasteiger partial charge in [0.2, 0.25) is 0 Å². The molecule has 0 bridgehead atoms. The Morgan fingerprint density at radius 2 is 1.90 bits per heavy atom. The van der Waals surface area contributed by atoms with E-state index in [9.17, 15) is 0 Å². The van der Waals surface area contributed by atoms with E-state index in [1.807, 2.05) is 11.8 Å². The summed E-state index contributed by atoms with van der Waals surface area (Å²) >= 11 is 1.99. The van der Waals surface area contributed by atoms with Gasteiger partial charge in [-0.05, 0) is 43.2 Å². The molecular weight excluding hydrogens is 264 g/mol. The Balaban J connectivity index is 2.03. The molecule has 1 unspecified atom stereocenters. The van der Waals surface area contributed by atoms with Gasteiger partial charge in [0.05, 0.1) is 0 Å². The molecule has 118 valence electrons. The van der Waals surface area contributed by atoms with Crippen LogP contribution >= 0.6 is 11.8 Å². The van der Waals surface area contributed by atoms with E-state index in [-0.39, 0.29) is 0 Å². The fraction of sp³-hybridized carbons (Fsp3) is 1.00. The largest absolute Gasteiger partial charge is 0.310 e. The van der Waals surface area contributed by atoms with Crippen LogP contribution < -0.4 is 5.32 Å². The van der Waals surface area contributed by atoms with Crippen molar-refractivity contribution in [1.82, 2.24) is 10.2 Å². The number of nitrogens with zero attached hydrogens (tertiary/aromatic N) is 1. The summed E-state index contributed by atoms with van der Waals surface area (Å²) < 4.78 is 0. The van der Waals surface area contributed by atoms with Crippen LogP contribution in [0.3, 0.4) is 0 Å². The minimum atomic E-state index is 0.369. The van der Waals surface area contributed by atoms with Crippen LogP contribution in [0.5, 0.6) is 0 Å². The van der Waals surface area contributed by atoms with Crippen LogP contribution in [-0.4, -0.2) is 48.1 Å². The number of rotatable bonds is 4. The van der Waals surface area contributed by atoms with Crippen LogP contribution in [0.1, 0.15) is 59.3 Å². The van der Waals surface area contributed by atoms with Gasteiger partial charge in [-0.3, -0.25) is 4.90 Å². The van der Waals surface area contributed by atoms with Crippen molar-refractivity contribution in [3.63, 3.8) is 0 Å². The third kappa shape index (κ3) is 3.92. The van der Waals surface area contributed by atoms with E-state index in [0.717, 1.165) is 0 Å². The molecule has 3 heteroatoms. The highest BCUT2D eigenvalue weighted by molar-refractivity contribution is 7.98. The van der Waals surface area contributed by atoms with Crippen molar-refractivity contribution in [2.45, 2.75) is 70.9 Å². The van der Waals surface area contributed by atoms with Gasteiger partial charge in [-0.1, -0.05) is 40.0 Å². The minimum Gasteiger partial charge on any atom is -0.310 e. The first kappa shape index (κ1) is 16.6. The summed E-state index contributed by atoms with van der Waals surface area (Å²) in [5.41, 5.74) is 0.854. The molecule has 0 aromatic heterocycles. The standard InChI is InChI=1S/C17H34N2S/c1-16(2,3)15-13-19(11-8-12-20-4)17(14-18-15)9-6-5-7-10-17/h15,18H,5-14H2,1-4H3. The molecule has 1 atom stereocenters. The van der Waals surface area contributed by atoms with E-state index in [1.165, 1.54) is 63.9 Å². The third-order valence-corrected chi connectivity index (χ3v) is 6.05. The SMILES string of the molecule is CSCCCN1CC(C(C)(C)C)NCC12CCCCC2. The highest BCUT2D eigenvalue weighted by Crippen LogP contribution is 2.37. The molecule has 2 aliphatic rings. The van der Waals surface area contributed by atoms with Crippen LogP contribution in [0.25, 0.3) is 0 Å². The van der Waals surface area contributed by atoms with Gasteiger partial charge in [0.15, 0.2) is 0 Å². The molecule has 1 heterocycles. The highest BCUT2D eigenvalue weighted by atomic mass is 32.2. The topological polar surface area (TPSA) is 15.3 Å². The lowest BCUT2D eigenvalue weighted by molar-refractivity contribution is -0.00970. The van der Waals surface area contributed by atoms with Crippen LogP contribution in [0, 0.1) is 5.41 Å². The molecule has 2 nitrogen and oxygen atoms in total. The molecular formula is C17H34N2S. The van der Waals surface area contributed by atoms with Gasteiger partial charge in [0, 0.05) is 24.7 Å². The van der Waals surface area contributed by atoms with E-state index in [0.29, 0.717) is 17.0 Å². The summed E-state index contributed by atoms with van der Waals surface area (Å²) in [6, 6.07) is 0.643. The molecule has 1 saturated heterocycles. The molecule has 1 saturated carbocycles. The molecule has 1 N–H and O–H groups in total. The van der Waals surface area contributed by atoms with Gasteiger partial charge in [0.1, 0.15) is 0 Å². The molecule has 1 aliphatic carbocycles. The molecule has 0 amide bonds. The van der Waals surface area contributed by atoms with E-state index in [4.69, 9.17) is 0 Å². The fourth-order valence-corrected chi connectivity index (χ4v) is 4.33. The van der Waals surface area contributed by atoms with Crippen molar-refractivity contribution < 1.29 is 0 Å². The zero-order chi connectivity index (χ0) is 14.6.